The molecule has 0 spiro atoms. The summed E-state index contributed by atoms with van der Waals surface area (Å²) in [5.74, 6) is 0.0455. The molecule has 0 amide bonds. The van der Waals surface area contributed by atoms with Gasteiger partial charge in [-0.3, -0.25) is 0 Å². The summed E-state index contributed by atoms with van der Waals surface area (Å²) in [4.78, 5) is 11.8. The Hall–Kier alpha value is -1.40. The van der Waals surface area contributed by atoms with Crippen molar-refractivity contribution < 1.29 is 9.53 Å². The number of methoxy groups -OCH3 is 1. The van der Waals surface area contributed by atoms with E-state index in [2.05, 4.69) is 14.1 Å². The van der Waals surface area contributed by atoms with Gasteiger partial charge in [-0.15, -0.1) is 0 Å². The quantitative estimate of drug-likeness (QED) is 0.879. The monoisotopic (exact) mass is 297 g/mol. The molecule has 2 aromatic rings. The van der Waals surface area contributed by atoms with Gasteiger partial charge in [-0.1, -0.05) is 11.6 Å². The number of ether oxygens (including phenoxy) is 1. The number of nitrogens with one attached hydrogen (secondary N) is 1. The lowest BCUT2D eigenvalue weighted by atomic mass is 10.1. The number of carbonyl (C=O) groups excluding carboxylic acids is 1. The van der Waals surface area contributed by atoms with Gasteiger partial charge in [-0.2, -0.15) is 8.75 Å². The van der Waals surface area contributed by atoms with E-state index in [0.717, 1.165) is 30.1 Å². The Bertz CT molecular complexity index is 626. The summed E-state index contributed by atoms with van der Waals surface area (Å²) in [6, 6.07) is 3.21. The van der Waals surface area contributed by atoms with Crippen LogP contribution in [0.3, 0.4) is 0 Å². The lowest BCUT2D eigenvalue weighted by Gasteiger charge is -2.18. The summed E-state index contributed by atoms with van der Waals surface area (Å²) >= 11 is 7.33. The van der Waals surface area contributed by atoms with Gasteiger partial charge >= 0.3 is 5.97 Å². The summed E-state index contributed by atoms with van der Waals surface area (Å²) in [6.07, 6.45) is 2.05. The predicted octanol–water partition coefficient (Wildman–Crippen LogP) is 2.71. The summed E-state index contributed by atoms with van der Waals surface area (Å²) in [7, 11) is 1.39. The number of rotatable bonds is 4. The van der Waals surface area contributed by atoms with Crippen LogP contribution in [0.15, 0.2) is 12.1 Å². The molecule has 0 radical (unpaired) electrons. The van der Waals surface area contributed by atoms with E-state index in [1.807, 2.05) is 6.07 Å². The molecule has 7 heteroatoms. The van der Waals surface area contributed by atoms with Crippen LogP contribution in [0.25, 0.3) is 11.0 Å². The Labute approximate surface area is 119 Å². The Balaban J connectivity index is 1.97. The molecule has 0 bridgehead atoms. The van der Waals surface area contributed by atoms with Crippen LogP contribution < -0.4 is 5.32 Å². The third-order valence-electron chi connectivity index (χ3n) is 3.23. The average molecular weight is 298 g/mol. The van der Waals surface area contributed by atoms with Gasteiger partial charge in [0, 0.05) is 0 Å². The van der Waals surface area contributed by atoms with E-state index in [9.17, 15) is 4.79 Å². The fraction of sp³-hybridized carbons (Fsp3) is 0.417. The maximum absolute atomic E-state index is 11.8. The molecule has 1 aliphatic carbocycles. The molecule has 5 nitrogen and oxygen atoms in total. The maximum Gasteiger partial charge on any atom is 0.328 e. The predicted molar refractivity (Wildman–Crippen MR) is 74.6 cm³/mol. The van der Waals surface area contributed by atoms with E-state index in [4.69, 9.17) is 16.3 Å². The van der Waals surface area contributed by atoms with Gasteiger partial charge in [0.2, 0.25) is 0 Å². The molecule has 0 aliphatic heterocycles. The molecule has 100 valence electrons. The summed E-state index contributed by atoms with van der Waals surface area (Å²) < 4.78 is 13.2. The van der Waals surface area contributed by atoms with Crippen molar-refractivity contribution in [2.45, 2.75) is 18.9 Å². The van der Waals surface area contributed by atoms with Gasteiger partial charge in [0.1, 0.15) is 17.1 Å². The van der Waals surface area contributed by atoms with E-state index < -0.39 is 0 Å². The second-order valence-electron chi connectivity index (χ2n) is 4.54. The topological polar surface area (TPSA) is 64.1 Å². The van der Waals surface area contributed by atoms with Crippen LogP contribution in [0.2, 0.25) is 5.02 Å². The van der Waals surface area contributed by atoms with E-state index in [-0.39, 0.29) is 12.0 Å². The zero-order valence-electron chi connectivity index (χ0n) is 10.2. The Morgan fingerprint density at radius 2 is 2.32 bits per heavy atom. The molecular formula is C12H12ClN3O2S. The molecule has 0 saturated heterocycles. The Morgan fingerprint density at radius 3 is 3.00 bits per heavy atom. The highest BCUT2D eigenvalue weighted by molar-refractivity contribution is 7.00. The zero-order valence-corrected chi connectivity index (χ0v) is 11.8. The molecule has 1 unspecified atom stereocenters. The number of fused-ring (bicyclic) bond motifs is 1. The number of anilines is 1. The SMILES string of the molecule is COC(=O)C(Nc1c(Cl)ccc2nsnc12)C1CC1. The normalized spacial score (nSPS) is 16.3. The van der Waals surface area contributed by atoms with Gasteiger partial charge in [0.15, 0.2) is 0 Å². The fourth-order valence-corrected chi connectivity index (χ4v) is 2.80. The second kappa shape index (κ2) is 4.94. The molecule has 1 heterocycles. The number of hydrogen-bond acceptors (Lipinski definition) is 6. The Morgan fingerprint density at radius 1 is 1.53 bits per heavy atom. The molecule has 1 atom stereocenters. The van der Waals surface area contributed by atoms with Gasteiger partial charge in [-0.25, -0.2) is 4.79 Å². The molecule has 1 fully saturated rings. The highest BCUT2D eigenvalue weighted by Crippen LogP contribution is 2.37. The van der Waals surface area contributed by atoms with Crippen molar-refractivity contribution in [3.8, 4) is 0 Å². The largest absolute Gasteiger partial charge is 0.467 e. The van der Waals surface area contributed by atoms with E-state index in [1.165, 1.54) is 7.11 Å². The van der Waals surface area contributed by atoms with Crippen LogP contribution in [0.4, 0.5) is 5.69 Å². The summed E-state index contributed by atoms with van der Waals surface area (Å²) in [6.45, 7) is 0. The van der Waals surface area contributed by atoms with Gasteiger partial charge in [0.25, 0.3) is 0 Å². The molecule has 19 heavy (non-hydrogen) atoms. The lowest BCUT2D eigenvalue weighted by molar-refractivity contribution is -0.142. The minimum absolute atomic E-state index is 0.265. The zero-order chi connectivity index (χ0) is 13.4. The van der Waals surface area contributed by atoms with Crippen LogP contribution in [-0.4, -0.2) is 27.9 Å². The molecule has 1 aliphatic rings. The number of halogens is 1. The molecule has 3 rings (SSSR count). The highest BCUT2D eigenvalue weighted by atomic mass is 35.5. The second-order valence-corrected chi connectivity index (χ2v) is 5.47. The summed E-state index contributed by atoms with van der Waals surface area (Å²) in [5.41, 5.74) is 2.14. The minimum atomic E-state index is -0.366. The highest BCUT2D eigenvalue weighted by Gasteiger charge is 2.37. The fourth-order valence-electron chi connectivity index (χ4n) is 2.05. The van der Waals surface area contributed by atoms with Crippen molar-refractivity contribution in [3.05, 3.63) is 17.2 Å². The molecule has 1 aromatic heterocycles. The van der Waals surface area contributed by atoms with Crippen molar-refractivity contribution >= 4 is 46.0 Å². The molecule has 1 aromatic carbocycles. The number of hydrogen-bond donors (Lipinski definition) is 1. The maximum atomic E-state index is 11.8. The van der Waals surface area contributed by atoms with Crippen LogP contribution in [0, 0.1) is 5.92 Å². The first kappa shape index (κ1) is 12.6. The summed E-state index contributed by atoms with van der Waals surface area (Å²) in [5, 5.41) is 3.72. The van der Waals surface area contributed by atoms with Crippen molar-refractivity contribution in [1.29, 1.82) is 0 Å². The van der Waals surface area contributed by atoms with Crippen LogP contribution in [-0.2, 0) is 9.53 Å². The number of aromatic nitrogens is 2. The van der Waals surface area contributed by atoms with Crippen LogP contribution in [0.1, 0.15) is 12.8 Å². The van der Waals surface area contributed by atoms with Crippen molar-refractivity contribution in [2.24, 2.45) is 5.92 Å². The van der Waals surface area contributed by atoms with Gasteiger partial charge in [0.05, 0.1) is 29.5 Å². The van der Waals surface area contributed by atoms with Crippen molar-refractivity contribution in [3.63, 3.8) is 0 Å². The number of benzene rings is 1. The van der Waals surface area contributed by atoms with E-state index in [1.54, 1.807) is 6.07 Å². The molecule has 1 N–H and O–H groups in total. The number of nitrogens with zero attached hydrogens (tertiary/aromatic N) is 2. The smallest absolute Gasteiger partial charge is 0.328 e. The van der Waals surface area contributed by atoms with E-state index >= 15 is 0 Å². The number of carbonyl (C=O) groups is 1. The first-order chi connectivity index (χ1) is 9.20. The average Bonchev–Trinajstić information content (AvgIpc) is 3.14. The van der Waals surface area contributed by atoms with Crippen molar-refractivity contribution in [1.82, 2.24) is 8.75 Å². The van der Waals surface area contributed by atoms with Gasteiger partial charge < -0.3 is 10.1 Å². The third kappa shape index (κ3) is 2.37. The number of esters is 1. The first-order valence-electron chi connectivity index (χ1n) is 5.96. The first-order valence-corrected chi connectivity index (χ1v) is 7.06. The van der Waals surface area contributed by atoms with Gasteiger partial charge in [-0.05, 0) is 30.9 Å². The lowest BCUT2D eigenvalue weighted by Crippen LogP contribution is -2.32. The Kier molecular flexibility index (Phi) is 3.28. The van der Waals surface area contributed by atoms with Crippen LogP contribution in [0.5, 0.6) is 0 Å². The third-order valence-corrected chi connectivity index (χ3v) is 4.08. The van der Waals surface area contributed by atoms with E-state index in [0.29, 0.717) is 22.1 Å². The molecular weight excluding hydrogens is 286 g/mol. The molecule has 1 saturated carbocycles. The standard InChI is InChI=1S/C12H12ClN3O2S/c1-18-12(17)9(6-2-3-6)14-10-7(13)4-5-8-11(10)16-19-15-8/h4-6,9,14H,2-3H2,1H3. The minimum Gasteiger partial charge on any atom is -0.467 e. The van der Waals surface area contributed by atoms with Crippen LogP contribution >= 0.6 is 23.3 Å². The van der Waals surface area contributed by atoms with Crippen molar-refractivity contribution in [2.75, 3.05) is 12.4 Å².